The van der Waals surface area contributed by atoms with E-state index >= 15 is 0 Å². The van der Waals surface area contributed by atoms with Crippen LogP contribution in [0.2, 0.25) is 0 Å². The molecule has 0 radical (unpaired) electrons. The highest BCUT2D eigenvalue weighted by atomic mass is 32.2. The molecule has 2 aromatic carbocycles. The van der Waals surface area contributed by atoms with Crippen molar-refractivity contribution >= 4 is 27.7 Å². The average molecular weight is 488 g/mol. The predicted octanol–water partition coefficient (Wildman–Crippen LogP) is 2.45. The first-order valence-corrected chi connectivity index (χ1v) is 12.6. The number of nitrogens with zero attached hydrogens (tertiary/aromatic N) is 2. The Bertz CT molecular complexity index is 1210. The van der Waals surface area contributed by atoms with Gasteiger partial charge in [-0.3, -0.25) is 14.4 Å². The van der Waals surface area contributed by atoms with E-state index in [2.05, 4.69) is 5.32 Å². The third-order valence-corrected chi connectivity index (χ3v) is 8.11. The Labute approximate surface area is 197 Å². The number of fused-ring (bicyclic) bond motifs is 1. The molecule has 0 saturated heterocycles. The van der Waals surface area contributed by atoms with E-state index in [1.807, 2.05) is 0 Å². The maximum absolute atomic E-state index is 13.4. The summed E-state index contributed by atoms with van der Waals surface area (Å²) in [5.74, 6) is -2.29. The van der Waals surface area contributed by atoms with Crippen molar-refractivity contribution in [1.82, 2.24) is 14.5 Å². The zero-order chi connectivity index (χ0) is 24.5. The van der Waals surface area contributed by atoms with Gasteiger partial charge in [-0.1, -0.05) is 37.1 Å². The van der Waals surface area contributed by atoms with Crippen LogP contribution in [0.3, 0.4) is 0 Å². The second kappa shape index (κ2) is 9.54. The molecule has 0 aromatic heterocycles. The number of sulfonamides is 1. The lowest BCUT2D eigenvalue weighted by atomic mass is 10.1. The summed E-state index contributed by atoms with van der Waals surface area (Å²) < 4.78 is 39.7. The molecule has 10 heteroatoms. The predicted molar refractivity (Wildman–Crippen MR) is 121 cm³/mol. The Morgan fingerprint density at radius 3 is 2.41 bits per heavy atom. The van der Waals surface area contributed by atoms with Gasteiger partial charge in [-0.15, -0.1) is 0 Å². The van der Waals surface area contributed by atoms with Crippen molar-refractivity contribution in [3.63, 3.8) is 0 Å². The number of halogens is 1. The van der Waals surface area contributed by atoms with Crippen molar-refractivity contribution in [2.45, 2.75) is 56.1 Å². The number of rotatable bonds is 7. The largest absolute Gasteiger partial charge is 0.352 e. The number of carbonyl (C=O) groups is 3. The van der Waals surface area contributed by atoms with Gasteiger partial charge in [-0.05, 0) is 49.6 Å². The first-order valence-electron chi connectivity index (χ1n) is 11.2. The van der Waals surface area contributed by atoms with Gasteiger partial charge in [0.05, 0.1) is 5.56 Å². The van der Waals surface area contributed by atoms with Gasteiger partial charge in [0, 0.05) is 12.6 Å². The van der Waals surface area contributed by atoms with Gasteiger partial charge in [0.1, 0.15) is 23.3 Å². The highest BCUT2D eigenvalue weighted by Gasteiger charge is 2.43. The number of carbonyl (C=O) groups excluding carboxylic acids is 3. The molecular weight excluding hydrogens is 461 g/mol. The molecule has 0 unspecified atom stereocenters. The lowest BCUT2D eigenvalue weighted by Crippen LogP contribution is -2.52. The van der Waals surface area contributed by atoms with Crippen LogP contribution in [0.1, 0.15) is 48.5 Å². The minimum absolute atomic E-state index is 0.00686. The van der Waals surface area contributed by atoms with Crippen LogP contribution >= 0.6 is 0 Å². The molecule has 1 N–H and O–H groups in total. The van der Waals surface area contributed by atoms with E-state index in [0.717, 1.165) is 25.7 Å². The van der Waals surface area contributed by atoms with Gasteiger partial charge < -0.3 is 10.2 Å². The minimum Gasteiger partial charge on any atom is -0.352 e. The molecule has 0 bridgehead atoms. The fourth-order valence-electron chi connectivity index (χ4n) is 4.36. The van der Waals surface area contributed by atoms with E-state index in [1.165, 1.54) is 47.4 Å². The third-order valence-electron chi connectivity index (χ3n) is 6.33. The normalized spacial score (nSPS) is 17.9. The topological polar surface area (TPSA) is 104 Å². The summed E-state index contributed by atoms with van der Waals surface area (Å²) >= 11 is 0. The average Bonchev–Trinajstić information content (AvgIpc) is 3.39. The molecule has 8 nitrogen and oxygen atoms in total. The monoisotopic (exact) mass is 487 g/mol. The number of amides is 3. The van der Waals surface area contributed by atoms with Crippen molar-refractivity contribution in [2.75, 3.05) is 6.54 Å². The fourth-order valence-corrected chi connectivity index (χ4v) is 5.88. The molecule has 180 valence electrons. The SMILES string of the molecule is C[C@@H](C(=O)NC1CCCC1)N(Cc1ccc(F)cc1)C(=O)CN1C(=O)c2ccccc2S1(=O)=O. The van der Waals surface area contributed by atoms with Crippen LogP contribution in [0.4, 0.5) is 4.39 Å². The van der Waals surface area contributed by atoms with Crippen LogP contribution in [0.25, 0.3) is 0 Å². The molecule has 0 spiro atoms. The Balaban J connectivity index is 1.57. The van der Waals surface area contributed by atoms with Gasteiger partial charge in [0.15, 0.2) is 0 Å². The molecule has 2 aromatic rings. The highest BCUT2D eigenvalue weighted by molar-refractivity contribution is 7.90. The lowest BCUT2D eigenvalue weighted by Gasteiger charge is -2.31. The Morgan fingerprint density at radius 2 is 1.76 bits per heavy atom. The minimum atomic E-state index is -4.18. The zero-order valence-electron chi connectivity index (χ0n) is 18.7. The molecule has 1 fully saturated rings. The molecule has 1 saturated carbocycles. The summed E-state index contributed by atoms with van der Waals surface area (Å²) in [5, 5.41) is 2.95. The van der Waals surface area contributed by atoms with E-state index in [1.54, 1.807) is 13.0 Å². The van der Waals surface area contributed by atoms with E-state index in [0.29, 0.717) is 9.87 Å². The first-order chi connectivity index (χ1) is 16.2. The van der Waals surface area contributed by atoms with Crippen molar-refractivity contribution in [3.05, 3.63) is 65.5 Å². The molecule has 1 atom stereocenters. The van der Waals surface area contributed by atoms with E-state index in [-0.39, 0.29) is 29.0 Å². The summed E-state index contributed by atoms with van der Waals surface area (Å²) in [4.78, 5) is 40.1. The van der Waals surface area contributed by atoms with Gasteiger partial charge >= 0.3 is 0 Å². The van der Waals surface area contributed by atoms with Gasteiger partial charge in [-0.25, -0.2) is 17.1 Å². The van der Waals surface area contributed by atoms with Gasteiger partial charge in [0.2, 0.25) is 11.8 Å². The summed E-state index contributed by atoms with van der Waals surface area (Å²) in [6, 6.07) is 10.3. The van der Waals surface area contributed by atoms with Crippen molar-refractivity contribution in [1.29, 1.82) is 0 Å². The highest BCUT2D eigenvalue weighted by Crippen LogP contribution is 2.30. The number of hydrogen-bond acceptors (Lipinski definition) is 5. The van der Waals surface area contributed by atoms with Crippen LogP contribution in [0.5, 0.6) is 0 Å². The van der Waals surface area contributed by atoms with E-state index < -0.39 is 40.2 Å². The summed E-state index contributed by atoms with van der Waals surface area (Å²) in [5.41, 5.74) is 0.571. The van der Waals surface area contributed by atoms with Crippen LogP contribution in [-0.4, -0.2) is 54.0 Å². The van der Waals surface area contributed by atoms with Crippen LogP contribution in [0, 0.1) is 5.82 Å². The molecule has 1 heterocycles. The van der Waals surface area contributed by atoms with Crippen molar-refractivity contribution in [2.24, 2.45) is 0 Å². The molecular formula is C24H26FN3O5S. The Kier molecular flexibility index (Phi) is 6.70. The second-order valence-corrected chi connectivity index (χ2v) is 10.5. The zero-order valence-corrected chi connectivity index (χ0v) is 19.6. The van der Waals surface area contributed by atoms with Gasteiger partial charge in [0.25, 0.3) is 15.9 Å². The van der Waals surface area contributed by atoms with Crippen LogP contribution in [-0.2, 0) is 26.2 Å². The molecule has 34 heavy (non-hydrogen) atoms. The maximum Gasteiger partial charge on any atom is 0.269 e. The maximum atomic E-state index is 13.4. The first kappa shape index (κ1) is 23.9. The lowest BCUT2D eigenvalue weighted by molar-refractivity contribution is -0.140. The number of hydrogen-bond donors (Lipinski definition) is 1. The smallest absolute Gasteiger partial charge is 0.269 e. The van der Waals surface area contributed by atoms with Crippen molar-refractivity contribution < 1.29 is 27.2 Å². The Morgan fingerprint density at radius 1 is 1.12 bits per heavy atom. The van der Waals surface area contributed by atoms with E-state index in [4.69, 9.17) is 0 Å². The Hall–Kier alpha value is -3.27. The second-order valence-electron chi connectivity index (χ2n) is 8.63. The van der Waals surface area contributed by atoms with Crippen molar-refractivity contribution in [3.8, 4) is 0 Å². The molecule has 2 aliphatic rings. The molecule has 4 rings (SSSR count). The van der Waals surface area contributed by atoms with Crippen LogP contribution < -0.4 is 5.32 Å². The molecule has 3 amide bonds. The molecule has 1 aliphatic heterocycles. The fraction of sp³-hybridized carbons (Fsp3) is 0.375. The quantitative estimate of drug-likeness (QED) is 0.646. The van der Waals surface area contributed by atoms with Gasteiger partial charge in [-0.2, -0.15) is 0 Å². The number of nitrogens with one attached hydrogen (secondary N) is 1. The number of benzene rings is 2. The molecule has 1 aliphatic carbocycles. The van der Waals surface area contributed by atoms with E-state index in [9.17, 15) is 27.2 Å². The summed E-state index contributed by atoms with van der Waals surface area (Å²) in [6.07, 6.45) is 3.77. The third kappa shape index (κ3) is 4.68. The summed E-state index contributed by atoms with van der Waals surface area (Å²) in [7, 11) is -4.18. The standard InChI is InChI=1S/C24H26FN3O5S/c1-16(23(30)26-19-6-2-3-7-19)27(14-17-10-12-18(25)13-11-17)22(29)15-28-24(31)20-8-4-5-9-21(20)34(28,32)33/h4-5,8-13,16,19H,2-3,6-7,14-15H2,1H3,(H,26,30)/t16-/m0/s1. The summed E-state index contributed by atoms with van der Waals surface area (Å²) in [6.45, 7) is 0.770. The van der Waals surface area contributed by atoms with Crippen LogP contribution in [0.15, 0.2) is 53.4 Å².